The SMILES string of the molecule is CCOC(=O)C1CCN(C(C#N)c2ccc(C)cc2)CC1. The normalized spacial score (nSPS) is 18.0. The Labute approximate surface area is 126 Å². The highest BCUT2D eigenvalue weighted by molar-refractivity contribution is 5.72. The van der Waals surface area contributed by atoms with E-state index in [9.17, 15) is 10.1 Å². The number of hydrogen-bond acceptors (Lipinski definition) is 4. The standard InChI is InChI=1S/C17H22N2O2/c1-3-21-17(20)15-8-10-19(11-9-15)16(12-18)14-6-4-13(2)5-7-14/h4-7,15-16H,3,8-11H2,1-2H3. The van der Waals surface area contributed by atoms with Crippen molar-refractivity contribution in [2.24, 2.45) is 5.92 Å². The molecule has 1 aliphatic heterocycles. The van der Waals surface area contributed by atoms with Gasteiger partial charge in [-0.05, 0) is 32.3 Å². The van der Waals surface area contributed by atoms with Crippen molar-refractivity contribution in [1.29, 1.82) is 5.26 Å². The van der Waals surface area contributed by atoms with E-state index in [1.165, 1.54) is 5.56 Å². The van der Waals surface area contributed by atoms with E-state index in [4.69, 9.17) is 4.74 Å². The monoisotopic (exact) mass is 286 g/mol. The van der Waals surface area contributed by atoms with Crippen molar-refractivity contribution in [2.45, 2.75) is 32.7 Å². The number of rotatable bonds is 4. The molecule has 1 atom stereocenters. The maximum Gasteiger partial charge on any atom is 0.309 e. The largest absolute Gasteiger partial charge is 0.466 e. The maximum atomic E-state index is 11.7. The summed E-state index contributed by atoms with van der Waals surface area (Å²) in [6.07, 6.45) is 1.53. The summed E-state index contributed by atoms with van der Waals surface area (Å²) in [6.45, 7) is 5.82. The van der Waals surface area contributed by atoms with Gasteiger partial charge < -0.3 is 4.74 Å². The number of likely N-dealkylation sites (tertiary alicyclic amines) is 1. The van der Waals surface area contributed by atoms with Crippen LogP contribution in [0.15, 0.2) is 24.3 Å². The number of esters is 1. The third kappa shape index (κ3) is 3.83. The maximum absolute atomic E-state index is 11.7. The number of aryl methyl sites for hydroxylation is 1. The zero-order valence-electron chi connectivity index (χ0n) is 12.7. The molecule has 0 amide bonds. The van der Waals surface area contributed by atoms with Crippen LogP contribution in [0.4, 0.5) is 0 Å². The molecule has 0 radical (unpaired) electrons. The highest BCUT2D eigenvalue weighted by atomic mass is 16.5. The number of nitrogens with zero attached hydrogens (tertiary/aromatic N) is 2. The molecule has 0 N–H and O–H groups in total. The lowest BCUT2D eigenvalue weighted by atomic mass is 9.94. The van der Waals surface area contributed by atoms with Crippen molar-refractivity contribution in [3.8, 4) is 6.07 Å². The first-order chi connectivity index (χ1) is 10.2. The van der Waals surface area contributed by atoms with E-state index >= 15 is 0 Å². The average molecular weight is 286 g/mol. The van der Waals surface area contributed by atoms with Crippen molar-refractivity contribution in [3.63, 3.8) is 0 Å². The molecule has 0 spiro atoms. The summed E-state index contributed by atoms with van der Waals surface area (Å²) < 4.78 is 5.08. The van der Waals surface area contributed by atoms with Gasteiger partial charge in [0.1, 0.15) is 6.04 Å². The van der Waals surface area contributed by atoms with Crippen LogP contribution in [-0.4, -0.2) is 30.6 Å². The minimum atomic E-state index is -0.228. The molecule has 21 heavy (non-hydrogen) atoms. The van der Waals surface area contributed by atoms with Gasteiger partial charge >= 0.3 is 5.97 Å². The molecule has 4 heteroatoms. The number of hydrogen-bond donors (Lipinski definition) is 0. The van der Waals surface area contributed by atoms with E-state index in [2.05, 4.69) is 11.0 Å². The number of carbonyl (C=O) groups excluding carboxylic acids is 1. The fraction of sp³-hybridized carbons (Fsp3) is 0.529. The van der Waals surface area contributed by atoms with Crippen LogP contribution in [0.1, 0.15) is 36.9 Å². The molecule has 1 saturated heterocycles. The molecule has 1 aromatic carbocycles. The van der Waals surface area contributed by atoms with Crippen LogP contribution in [0.3, 0.4) is 0 Å². The third-order valence-corrected chi connectivity index (χ3v) is 4.03. The van der Waals surface area contributed by atoms with E-state index in [0.29, 0.717) is 6.61 Å². The summed E-state index contributed by atoms with van der Waals surface area (Å²) >= 11 is 0. The van der Waals surface area contributed by atoms with Gasteiger partial charge in [0.25, 0.3) is 0 Å². The van der Waals surface area contributed by atoms with Gasteiger partial charge in [0.15, 0.2) is 0 Å². The van der Waals surface area contributed by atoms with Gasteiger partial charge in [-0.1, -0.05) is 29.8 Å². The topological polar surface area (TPSA) is 53.3 Å². The molecule has 1 aromatic rings. The summed E-state index contributed by atoms with van der Waals surface area (Å²) in [5.41, 5.74) is 2.22. The van der Waals surface area contributed by atoms with Crippen molar-refractivity contribution in [3.05, 3.63) is 35.4 Å². The number of carbonyl (C=O) groups is 1. The van der Waals surface area contributed by atoms with Crippen LogP contribution in [0.2, 0.25) is 0 Å². The molecular weight excluding hydrogens is 264 g/mol. The van der Waals surface area contributed by atoms with Gasteiger partial charge in [-0.15, -0.1) is 0 Å². The van der Waals surface area contributed by atoms with Crippen LogP contribution in [0.25, 0.3) is 0 Å². The Balaban J connectivity index is 1.98. The number of benzene rings is 1. The molecular formula is C17H22N2O2. The van der Waals surface area contributed by atoms with Crippen molar-refractivity contribution < 1.29 is 9.53 Å². The predicted octanol–water partition coefficient (Wildman–Crippen LogP) is 2.83. The molecule has 1 unspecified atom stereocenters. The summed E-state index contributed by atoms with van der Waals surface area (Å²) in [5, 5.41) is 9.48. The molecule has 1 aliphatic rings. The minimum absolute atomic E-state index is 0.0152. The van der Waals surface area contributed by atoms with E-state index in [0.717, 1.165) is 31.5 Å². The predicted molar refractivity (Wildman–Crippen MR) is 80.5 cm³/mol. The van der Waals surface area contributed by atoms with Crippen LogP contribution in [-0.2, 0) is 9.53 Å². The quantitative estimate of drug-likeness (QED) is 0.799. The second-order valence-electron chi connectivity index (χ2n) is 5.50. The van der Waals surface area contributed by atoms with Crippen LogP contribution < -0.4 is 0 Å². The molecule has 0 bridgehead atoms. The average Bonchev–Trinajstić information content (AvgIpc) is 2.51. The second kappa shape index (κ2) is 7.24. The first-order valence-corrected chi connectivity index (χ1v) is 7.52. The lowest BCUT2D eigenvalue weighted by Crippen LogP contribution is -2.38. The Morgan fingerprint density at radius 2 is 2.00 bits per heavy atom. The van der Waals surface area contributed by atoms with Gasteiger partial charge in [0.2, 0.25) is 0 Å². The lowest BCUT2D eigenvalue weighted by Gasteiger charge is -2.33. The van der Waals surface area contributed by atoms with E-state index in [-0.39, 0.29) is 17.9 Å². The van der Waals surface area contributed by atoms with Crippen LogP contribution >= 0.6 is 0 Å². The molecule has 1 heterocycles. The highest BCUT2D eigenvalue weighted by Gasteiger charge is 2.30. The fourth-order valence-corrected chi connectivity index (χ4v) is 2.77. The van der Waals surface area contributed by atoms with E-state index in [1.54, 1.807) is 0 Å². The summed E-state index contributed by atoms with van der Waals surface area (Å²) in [5.74, 6) is -0.112. The first kappa shape index (κ1) is 15.5. The van der Waals surface area contributed by atoms with Gasteiger partial charge in [0.05, 0.1) is 18.6 Å². The third-order valence-electron chi connectivity index (χ3n) is 4.03. The lowest BCUT2D eigenvalue weighted by molar-refractivity contribution is -0.149. The molecule has 0 aliphatic carbocycles. The van der Waals surface area contributed by atoms with Gasteiger partial charge in [-0.3, -0.25) is 9.69 Å². The molecule has 0 saturated carbocycles. The molecule has 4 nitrogen and oxygen atoms in total. The Kier molecular flexibility index (Phi) is 5.35. The second-order valence-corrected chi connectivity index (χ2v) is 5.50. The Bertz CT molecular complexity index is 511. The van der Waals surface area contributed by atoms with Crippen LogP contribution in [0.5, 0.6) is 0 Å². The van der Waals surface area contributed by atoms with Crippen LogP contribution in [0, 0.1) is 24.2 Å². The zero-order chi connectivity index (χ0) is 15.2. The first-order valence-electron chi connectivity index (χ1n) is 7.52. The molecule has 1 fully saturated rings. The summed E-state index contributed by atoms with van der Waals surface area (Å²) in [7, 11) is 0. The Morgan fingerprint density at radius 3 is 2.52 bits per heavy atom. The fourth-order valence-electron chi connectivity index (χ4n) is 2.77. The van der Waals surface area contributed by atoms with E-state index < -0.39 is 0 Å². The zero-order valence-corrected chi connectivity index (χ0v) is 12.7. The molecule has 0 aromatic heterocycles. The Hall–Kier alpha value is -1.86. The summed E-state index contributed by atoms with van der Waals surface area (Å²) in [6, 6.07) is 10.3. The van der Waals surface area contributed by atoms with E-state index in [1.807, 2.05) is 38.1 Å². The van der Waals surface area contributed by atoms with Crippen molar-refractivity contribution in [2.75, 3.05) is 19.7 Å². The number of ether oxygens (including phenoxy) is 1. The number of piperidine rings is 1. The van der Waals surface area contributed by atoms with Gasteiger partial charge in [-0.2, -0.15) is 5.26 Å². The van der Waals surface area contributed by atoms with Gasteiger partial charge in [0, 0.05) is 13.1 Å². The van der Waals surface area contributed by atoms with Crippen molar-refractivity contribution in [1.82, 2.24) is 4.90 Å². The molecule has 112 valence electrons. The Morgan fingerprint density at radius 1 is 1.38 bits per heavy atom. The molecule has 2 rings (SSSR count). The highest BCUT2D eigenvalue weighted by Crippen LogP contribution is 2.27. The minimum Gasteiger partial charge on any atom is -0.466 e. The van der Waals surface area contributed by atoms with Crippen molar-refractivity contribution >= 4 is 5.97 Å². The van der Waals surface area contributed by atoms with Gasteiger partial charge in [-0.25, -0.2) is 0 Å². The summed E-state index contributed by atoms with van der Waals surface area (Å²) in [4.78, 5) is 13.9. The number of nitriles is 1. The smallest absolute Gasteiger partial charge is 0.309 e.